The summed E-state index contributed by atoms with van der Waals surface area (Å²) < 4.78 is 1.96. The standard InChI is InChI=1S/C12H22N4/c1-9-12(10(2)16(3)15-9)8-14-11-5-4-6-13-7-11/h11,13-14H,4-8H2,1-3H3. The average molecular weight is 222 g/mol. The van der Waals surface area contributed by atoms with Crippen LogP contribution in [0.15, 0.2) is 0 Å². The van der Waals surface area contributed by atoms with Crippen molar-refractivity contribution >= 4 is 0 Å². The van der Waals surface area contributed by atoms with E-state index in [0.29, 0.717) is 6.04 Å². The third-order valence-electron chi connectivity index (χ3n) is 3.52. The van der Waals surface area contributed by atoms with Crippen molar-refractivity contribution < 1.29 is 0 Å². The van der Waals surface area contributed by atoms with Crippen LogP contribution in [0.4, 0.5) is 0 Å². The third-order valence-corrected chi connectivity index (χ3v) is 3.52. The second-order valence-electron chi connectivity index (χ2n) is 4.70. The van der Waals surface area contributed by atoms with Gasteiger partial charge in [0.2, 0.25) is 0 Å². The molecule has 16 heavy (non-hydrogen) atoms. The van der Waals surface area contributed by atoms with Crippen LogP contribution in [0.3, 0.4) is 0 Å². The van der Waals surface area contributed by atoms with Gasteiger partial charge in [0.25, 0.3) is 0 Å². The van der Waals surface area contributed by atoms with Crippen LogP contribution in [0.25, 0.3) is 0 Å². The number of rotatable bonds is 3. The molecule has 1 aromatic rings. The molecule has 1 atom stereocenters. The van der Waals surface area contributed by atoms with Gasteiger partial charge in [0.1, 0.15) is 0 Å². The minimum atomic E-state index is 0.618. The second-order valence-corrected chi connectivity index (χ2v) is 4.70. The SMILES string of the molecule is Cc1nn(C)c(C)c1CNC1CCCNC1. The monoisotopic (exact) mass is 222 g/mol. The molecule has 0 bridgehead atoms. The van der Waals surface area contributed by atoms with Gasteiger partial charge in [-0.25, -0.2) is 0 Å². The van der Waals surface area contributed by atoms with Gasteiger partial charge in [-0.15, -0.1) is 0 Å². The van der Waals surface area contributed by atoms with Gasteiger partial charge in [-0.1, -0.05) is 0 Å². The molecule has 4 heteroatoms. The Hall–Kier alpha value is -0.870. The molecule has 0 radical (unpaired) electrons. The van der Waals surface area contributed by atoms with E-state index in [9.17, 15) is 0 Å². The number of hydrogen-bond acceptors (Lipinski definition) is 3. The molecule has 0 aliphatic carbocycles. The number of piperidine rings is 1. The zero-order chi connectivity index (χ0) is 11.5. The van der Waals surface area contributed by atoms with Crippen molar-refractivity contribution in [2.75, 3.05) is 13.1 Å². The fourth-order valence-corrected chi connectivity index (χ4v) is 2.35. The van der Waals surface area contributed by atoms with E-state index in [4.69, 9.17) is 0 Å². The van der Waals surface area contributed by atoms with Crippen LogP contribution in [0.2, 0.25) is 0 Å². The van der Waals surface area contributed by atoms with E-state index in [2.05, 4.69) is 29.6 Å². The van der Waals surface area contributed by atoms with Gasteiger partial charge in [0.05, 0.1) is 5.69 Å². The zero-order valence-corrected chi connectivity index (χ0v) is 10.5. The number of nitrogens with one attached hydrogen (secondary N) is 2. The maximum Gasteiger partial charge on any atom is 0.0641 e. The summed E-state index contributed by atoms with van der Waals surface area (Å²) >= 11 is 0. The Morgan fingerprint density at radius 3 is 2.88 bits per heavy atom. The van der Waals surface area contributed by atoms with Gasteiger partial charge in [0, 0.05) is 37.4 Å². The van der Waals surface area contributed by atoms with Crippen molar-refractivity contribution in [3.05, 3.63) is 17.0 Å². The van der Waals surface area contributed by atoms with E-state index >= 15 is 0 Å². The van der Waals surface area contributed by atoms with Crippen LogP contribution in [0, 0.1) is 13.8 Å². The van der Waals surface area contributed by atoms with Crippen molar-refractivity contribution in [2.24, 2.45) is 7.05 Å². The van der Waals surface area contributed by atoms with E-state index < -0.39 is 0 Å². The summed E-state index contributed by atoms with van der Waals surface area (Å²) in [5.41, 5.74) is 3.78. The topological polar surface area (TPSA) is 41.9 Å². The molecular formula is C12H22N4. The summed E-state index contributed by atoms with van der Waals surface area (Å²) in [4.78, 5) is 0. The highest BCUT2D eigenvalue weighted by molar-refractivity contribution is 5.24. The quantitative estimate of drug-likeness (QED) is 0.798. The Bertz CT molecular complexity index is 350. The van der Waals surface area contributed by atoms with Crippen LogP contribution in [0.1, 0.15) is 29.8 Å². The molecule has 2 N–H and O–H groups in total. The second kappa shape index (κ2) is 4.97. The van der Waals surface area contributed by atoms with Crippen LogP contribution >= 0.6 is 0 Å². The third kappa shape index (κ3) is 2.44. The molecule has 0 amide bonds. The maximum absolute atomic E-state index is 4.44. The molecule has 0 spiro atoms. The minimum Gasteiger partial charge on any atom is -0.315 e. The van der Waals surface area contributed by atoms with Crippen molar-refractivity contribution in [3.63, 3.8) is 0 Å². The smallest absolute Gasteiger partial charge is 0.0641 e. The van der Waals surface area contributed by atoms with Crippen LogP contribution in [-0.4, -0.2) is 28.9 Å². The first-order valence-electron chi connectivity index (χ1n) is 6.11. The first-order chi connectivity index (χ1) is 7.68. The van der Waals surface area contributed by atoms with Crippen LogP contribution in [-0.2, 0) is 13.6 Å². The summed E-state index contributed by atoms with van der Waals surface area (Å²) in [5.74, 6) is 0. The summed E-state index contributed by atoms with van der Waals surface area (Å²) in [6.07, 6.45) is 2.56. The van der Waals surface area contributed by atoms with E-state index in [-0.39, 0.29) is 0 Å². The molecule has 90 valence electrons. The van der Waals surface area contributed by atoms with Gasteiger partial charge in [-0.05, 0) is 33.2 Å². The first-order valence-corrected chi connectivity index (χ1v) is 6.11. The fourth-order valence-electron chi connectivity index (χ4n) is 2.35. The molecule has 1 aliphatic heterocycles. The van der Waals surface area contributed by atoms with Crippen LogP contribution < -0.4 is 10.6 Å². The Morgan fingerprint density at radius 1 is 1.50 bits per heavy atom. The Morgan fingerprint density at radius 2 is 2.31 bits per heavy atom. The molecular weight excluding hydrogens is 200 g/mol. The molecule has 2 heterocycles. The predicted molar refractivity (Wildman–Crippen MR) is 65.4 cm³/mol. The predicted octanol–water partition coefficient (Wildman–Crippen LogP) is 0.879. The summed E-state index contributed by atoms with van der Waals surface area (Å²) in [7, 11) is 2.01. The molecule has 0 aromatic carbocycles. The largest absolute Gasteiger partial charge is 0.315 e. The van der Waals surface area contributed by atoms with E-state index in [1.807, 2.05) is 11.7 Å². The first kappa shape index (κ1) is 11.6. The molecule has 1 aromatic heterocycles. The molecule has 1 saturated heterocycles. The van der Waals surface area contributed by atoms with Gasteiger partial charge in [-0.2, -0.15) is 5.10 Å². The molecule has 0 saturated carbocycles. The van der Waals surface area contributed by atoms with Gasteiger partial charge in [0.15, 0.2) is 0 Å². The van der Waals surface area contributed by atoms with Gasteiger partial charge < -0.3 is 10.6 Å². The summed E-state index contributed by atoms with van der Waals surface area (Å²) in [5, 5.41) is 11.5. The number of aromatic nitrogens is 2. The van der Waals surface area contributed by atoms with E-state index in [1.54, 1.807) is 0 Å². The van der Waals surface area contributed by atoms with Gasteiger partial charge in [-0.3, -0.25) is 4.68 Å². The van der Waals surface area contributed by atoms with Crippen molar-refractivity contribution in [1.29, 1.82) is 0 Å². The normalized spacial score (nSPS) is 21.3. The zero-order valence-electron chi connectivity index (χ0n) is 10.5. The van der Waals surface area contributed by atoms with Crippen LogP contribution in [0.5, 0.6) is 0 Å². The minimum absolute atomic E-state index is 0.618. The lowest BCUT2D eigenvalue weighted by atomic mass is 10.1. The number of nitrogens with zero attached hydrogens (tertiary/aromatic N) is 2. The molecule has 1 aliphatic rings. The lowest BCUT2D eigenvalue weighted by molar-refractivity contribution is 0.388. The average Bonchev–Trinajstić information content (AvgIpc) is 2.53. The lowest BCUT2D eigenvalue weighted by Crippen LogP contribution is -2.42. The molecule has 1 fully saturated rings. The lowest BCUT2D eigenvalue weighted by Gasteiger charge is -2.24. The number of aryl methyl sites for hydroxylation is 2. The fraction of sp³-hybridized carbons (Fsp3) is 0.750. The van der Waals surface area contributed by atoms with Crippen molar-refractivity contribution in [2.45, 2.75) is 39.3 Å². The van der Waals surface area contributed by atoms with Gasteiger partial charge >= 0.3 is 0 Å². The molecule has 1 unspecified atom stereocenters. The number of hydrogen-bond donors (Lipinski definition) is 2. The molecule has 2 rings (SSSR count). The maximum atomic E-state index is 4.44. The van der Waals surface area contributed by atoms with E-state index in [1.165, 1.54) is 30.6 Å². The Balaban J connectivity index is 1.93. The Labute approximate surface area is 97.4 Å². The highest BCUT2D eigenvalue weighted by Crippen LogP contribution is 2.12. The van der Waals surface area contributed by atoms with Crippen molar-refractivity contribution in [3.8, 4) is 0 Å². The molecule has 4 nitrogen and oxygen atoms in total. The highest BCUT2D eigenvalue weighted by atomic mass is 15.3. The van der Waals surface area contributed by atoms with E-state index in [0.717, 1.165) is 18.8 Å². The summed E-state index contributed by atoms with van der Waals surface area (Å²) in [6.45, 7) is 7.43. The highest BCUT2D eigenvalue weighted by Gasteiger charge is 2.14. The Kier molecular flexibility index (Phi) is 3.61. The summed E-state index contributed by atoms with van der Waals surface area (Å²) in [6, 6.07) is 0.618. The van der Waals surface area contributed by atoms with Crippen molar-refractivity contribution in [1.82, 2.24) is 20.4 Å².